The van der Waals surface area contributed by atoms with Gasteiger partial charge in [0.05, 0.1) is 13.2 Å². The fourth-order valence-corrected chi connectivity index (χ4v) is 3.08. The smallest absolute Gasteiger partial charge is 0.119 e. The fraction of sp³-hybridized carbons (Fsp3) is 0.217. The Kier molecular flexibility index (Phi) is 6.42. The van der Waals surface area contributed by atoms with Crippen molar-refractivity contribution < 1.29 is 9.84 Å². The van der Waals surface area contributed by atoms with Crippen LogP contribution < -0.4 is 4.74 Å². The third-order valence-corrected chi connectivity index (χ3v) is 4.40. The third-order valence-electron chi connectivity index (χ3n) is 4.40. The molecule has 0 heterocycles. The molecule has 3 nitrogen and oxygen atoms in total. The molecular formula is C23H25NO2. The van der Waals surface area contributed by atoms with Gasteiger partial charge in [0.15, 0.2) is 0 Å². The zero-order valence-electron chi connectivity index (χ0n) is 15.1. The van der Waals surface area contributed by atoms with Crippen LogP contribution in [0.4, 0.5) is 0 Å². The molecule has 134 valence electrons. The molecule has 1 N–H and O–H groups in total. The number of nitrogens with zero attached hydrogens (tertiary/aromatic N) is 1. The number of aliphatic hydroxyl groups is 1. The Balaban J connectivity index is 1.76. The maximum Gasteiger partial charge on any atom is 0.119 e. The van der Waals surface area contributed by atoms with E-state index < -0.39 is 6.10 Å². The largest absolute Gasteiger partial charge is 0.497 e. The number of benzene rings is 3. The lowest BCUT2D eigenvalue weighted by molar-refractivity contribution is 0.105. The average Bonchev–Trinajstić information content (AvgIpc) is 2.69. The number of rotatable bonds is 8. The first-order valence-electron chi connectivity index (χ1n) is 8.87. The minimum Gasteiger partial charge on any atom is -0.497 e. The molecule has 0 saturated heterocycles. The first-order chi connectivity index (χ1) is 12.7. The van der Waals surface area contributed by atoms with E-state index in [4.69, 9.17) is 4.74 Å². The molecule has 1 unspecified atom stereocenters. The molecule has 0 saturated carbocycles. The van der Waals surface area contributed by atoms with Crippen molar-refractivity contribution in [1.82, 2.24) is 4.90 Å². The van der Waals surface area contributed by atoms with Crippen LogP contribution in [-0.4, -0.2) is 23.7 Å². The van der Waals surface area contributed by atoms with Crippen LogP contribution in [0.1, 0.15) is 22.8 Å². The van der Waals surface area contributed by atoms with Gasteiger partial charge in [0, 0.05) is 19.6 Å². The van der Waals surface area contributed by atoms with Crippen molar-refractivity contribution in [2.75, 3.05) is 13.7 Å². The second kappa shape index (κ2) is 9.18. The molecule has 0 radical (unpaired) electrons. The van der Waals surface area contributed by atoms with Crippen LogP contribution in [0.25, 0.3) is 0 Å². The summed E-state index contributed by atoms with van der Waals surface area (Å²) in [4.78, 5) is 2.27. The molecular weight excluding hydrogens is 322 g/mol. The van der Waals surface area contributed by atoms with Crippen molar-refractivity contribution in [2.24, 2.45) is 0 Å². The van der Waals surface area contributed by atoms with E-state index in [1.54, 1.807) is 7.11 Å². The van der Waals surface area contributed by atoms with Crippen LogP contribution in [0.5, 0.6) is 5.75 Å². The summed E-state index contributed by atoms with van der Waals surface area (Å²) in [5, 5.41) is 10.7. The van der Waals surface area contributed by atoms with Gasteiger partial charge >= 0.3 is 0 Å². The molecule has 0 amide bonds. The number of hydrogen-bond donors (Lipinski definition) is 1. The zero-order valence-corrected chi connectivity index (χ0v) is 15.1. The van der Waals surface area contributed by atoms with Crippen LogP contribution in [0, 0.1) is 0 Å². The van der Waals surface area contributed by atoms with E-state index in [-0.39, 0.29) is 0 Å². The number of ether oxygens (including phenoxy) is 1. The Bertz CT molecular complexity index is 790. The van der Waals surface area contributed by atoms with Gasteiger partial charge in [0.2, 0.25) is 0 Å². The predicted molar refractivity (Wildman–Crippen MR) is 105 cm³/mol. The van der Waals surface area contributed by atoms with Gasteiger partial charge in [0.25, 0.3) is 0 Å². The van der Waals surface area contributed by atoms with Crippen molar-refractivity contribution in [3.8, 4) is 5.75 Å². The highest BCUT2D eigenvalue weighted by Crippen LogP contribution is 2.19. The normalized spacial score (nSPS) is 12.1. The second-order valence-corrected chi connectivity index (χ2v) is 6.43. The first kappa shape index (κ1) is 18.2. The van der Waals surface area contributed by atoms with E-state index in [2.05, 4.69) is 23.1 Å². The van der Waals surface area contributed by atoms with Crippen LogP contribution in [0.15, 0.2) is 84.9 Å². The molecule has 0 fully saturated rings. The van der Waals surface area contributed by atoms with E-state index in [0.29, 0.717) is 6.54 Å². The lowest BCUT2D eigenvalue weighted by Gasteiger charge is -2.26. The SMILES string of the molecule is COc1cccc(CN(Cc2ccccc2)CC(O)c2ccccc2)c1. The molecule has 3 aromatic rings. The highest BCUT2D eigenvalue weighted by molar-refractivity contribution is 5.28. The predicted octanol–water partition coefficient (Wildman–Crippen LogP) is 4.43. The third kappa shape index (κ3) is 5.19. The Labute approximate surface area is 155 Å². The zero-order chi connectivity index (χ0) is 18.2. The van der Waals surface area contributed by atoms with E-state index in [9.17, 15) is 5.11 Å². The molecule has 0 aliphatic heterocycles. The average molecular weight is 347 g/mol. The van der Waals surface area contributed by atoms with Crippen molar-refractivity contribution in [3.63, 3.8) is 0 Å². The minimum absolute atomic E-state index is 0.523. The molecule has 0 aromatic heterocycles. The maximum absolute atomic E-state index is 10.7. The van der Waals surface area contributed by atoms with E-state index >= 15 is 0 Å². The van der Waals surface area contributed by atoms with E-state index in [0.717, 1.165) is 24.4 Å². The van der Waals surface area contributed by atoms with Crippen LogP contribution in [-0.2, 0) is 13.1 Å². The molecule has 0 aliphatic carbocycles. The number of methoxy groups -OCH3 is 1. The van der Waals surface area contributed by atoms with Crippen LogP contribution in [0.3, 0.4) is 0 Å². The van der Waals surface area contributed by atoms with E-state index in [1.165, 1.54) is 11.1 Å². The summed E-state index contributed by atoms with van der Waals surface area (Å²) in [6, 6.07) is 28.3. The summed E-state index contributed by atoms with van der Waals surface area (Å²) in [5.74, 6) is 0.853. The lowest BCUT2D eigenvalue weighted by Crippen LogP contribution is -2.28. The molecule has 0 aliphatic rings. The van der Waals surface area contributed by atoms with Gasteiger partial charge < -0.3 is 9.84 Å². The molecule has 26 heavy (non-hydrogen) atoms. The topological polar surface area (TPSA) is 32.7 Å². The standard InChI is InChI=1S/C23H25NO2/c1-26-22-14-8-11-20(15-22)17-24(16-19-9-4-2-5-10-19)18-23(25)21-12-6-3-7-13-21/h2-15,23,25H,16-18H2,1H3. The first-order valence-corrected chi connectivity index (χ1v) is 8.87. The van der Waals surface area contributed by atoms with Gasteiger partial charge in [-0.05, 0) is 28.8 Å². The van der Waals surface area contributed by atoms with E-state index in [1.807, 2.05) is 66.7 Å². The minimum atomic E-state index is -0.523. The van der Waals surface area contributed by atoms with Gasteiger partial charge in [-0.15, -0.1) is 0 Å². The number of aliphatic hydroxyl groups excluding tert-OH is 1. The monoisotopic (exact) mass is 347 g/mol. The van der Waals surface area contributed by atoms with Gasteiger partial charge in [-0.25, -0.2) is 0 Å². The van der Waals surface area contributed by atoms with Crippen molar-refractivity contribution in [2.45, 2.75) is 19.2 Å². The molecule has 0 bridgehead atoms. The molecule has 3 rings (SSSR count). The summed E-state index contributed by atoms with van der Waals surface area (Å²) in [7, 11) is 1.68. The highest BCUT2D eigenvalue weighted by atomic mass is 16.5. The Morgan fingerprint density at radius 1 is 0.808 bits per heavy atom. The summed E-state index contributed by atoms with van der Waals surface area (Å²) in [6.07, 6.45) is -0.523. The quantitative estimate of drug-likeness (QED) is 0.654. The fourth-order valence-electron chi connectivity index (χ4n) is 3.08. The van der Waals surface area contributed by atoms with Gasteiger partial charge in [-0.1, -0.05) is 72.8 Å². The summed E-state index contributed by atoms with van der Waals surface area (Å²) >= 11 is 0. The summed E-state index contributed by atoms with van der Waals surface area (Å²) < 4.78 is 5.34. The van der Waals surface area contributed by atoms with Crippen LogP contribution in [0.2, 0.25) is 0 Å². The summed E-state index contributed by atoms with van der Waals surface area (Å²) in [6.45, 7) is 2.09. The molecule has 3 aromatic carbocycles. The van der Waals surface area contributed by atoms with Crippen LogP contribution >= 0.6 is 0 Å². The molecule has 1 atom stereocenters. The Morgan fingerprint density at radius 3 is 2.12 bits per heavy atom. The second-order valence-electron chi connectivity index (χ2n) is 6.43. The van der Waals surface area contributed by atoms with Gasteiger partial charge in [-0.2, -0.15) is 0 Å². The van der Waals surface area contributed by atoms with Crippen molar-refractivity contribution in [1.29, 1.82) is 0 Å². The Hall–Kier alpha value is -2.62. The lowest BCUT2D eigenvalue weighted by atomic mass is 10.1. The van der Waals surface area contributed by atoms with Gasteiger partial charge in [0.1, 0.15) is 5.75 Å². The van der Waals surface area contributed by atoms with Gasteiger partial charge in [-0.3, -0.25) is 4.90 Å². The molecule has 0 spiro atoms. The Morgan fingerprint density at radius 2 is 1.42 bits per heavy atom. The number of hydrogen-bond acceptors (Lipinski definition) is 3. The summed E-state index contributed by atoms with van der Waals surface area (Å²) in [5.41, 5.74) is 3.34. The maximum atomic E-state index is 10.7. The van der Waals surface area contributed by atoms with Crippen molar-refractivity contribution in [3.05, 3.63) is 102 Å². The molecule has 3 heteroatoms. The van der Waals surface area contributed by atoms with Crippen molar-refractivity contribution >= 4 is 0 Å². The highest BCUT2D eigenvalue weighted by Gasteiger charge is 2.15.